The van der Waals surface area contributed by atoms with Crippen molar-refractivity contribution < 1.29 is 26.4 Å². The molecule has 0 saturated carbocycles. The van der Waals surface area contributed by atoms with Gasteiger partial charge in [-0.1, -0.05) is 26.8 Å². The minimum absolute atomic E-state index is 0.00348. The van der Waals surface area contributed by atoms with Crippen molar-refractivity contribution in [2.45, 2.75) is 45.2 Å². The largest absolute Gasteiger partial charge is 0.416 e. The third-order valence-corrected chi connectivity index (χ3v) is 6.33. The van der Waals surface area contributed by atoms with Crippen LogP contribution in [0.5, 0.6) is 0 Å². The van der Waals surface area contributed by atoms with Crippen molar-refractivity contribution in [1.82, 2.24) is 0 Å². The number of carbonyl (C=O) groups excluding carboxylic acids is 1. The molecule has 2 aromatic rings. The Balaban J connectivity index is 1.96. The molecule has 0 atom stereocenters. The zero-order chi connectivity index (χ0) is 23.8. The highest BCUT2D eigenvalue weighted by Crippen LogP contribution is 2.36. The number of nitrogens with one attached hydrogen (secondary N) is 1. The average Bonchev–Trinajstić information content (AvgIpc) is 2.69. The standard InChI is InChI=1S/C22H24F3N3O3S/c1-5-20-27-32(30,31)19-11-16(8-9-18(19)28(20)12-13(2)3)26-21(29)15-7-6-14(4)17(10-15)22(23,24)25/h6-11,13H,5,12H2,1-4H3,(H,26,29). The number of aryl methyl sites for hydroxylation is 1. The predicted molar refractivity (Wildman–Crippen MR) is 118 cm³/mol. The minimum atomic E-state index is -4.59. The lowest BCUT2D eigenvalue weighted by Gasteiger charge is -2.32. The van der Waals surface area contributed by atoms with Crippen molar-refractivity contribution in [1.29, 1.82) is 0 Å². The number of benzene rings is 2. The molecule has 1 heterocycles. The molecule has 32 heavy (non-hydrogen) atoms. The lowest BCUT2D eigenvalue weighted by atomic mass is 10.0. The second-order valence-corrected chi connectivity index (χ2v) is 9.58. The first-order valence-electron chi connectivity index (χ1n) is 10.1. The van der Waals surface area contributed by atoms with Crippen molar-refractivity contribution in [3.63, 3.8) is 0 Å². The average molecular weight is 468 g/mol. The van der Waals surface area contributed by atoms with Crippen LogP contribution >= 0.6 is 0 Å². The fraction of sp³-hybridized carbons (Fsp3) is 0.364. The zero-order valence-corrected chi connectivity index (χ0v) is 18.9. The topological polar surface area (TPSA) is 78.8 Å². The van der Waals surface area contributed by atoms with Gasteiger partial charge in [0.25, 0.3) is 15.9 Å². The van der Waals surface area contributed by atoms with E-state index in [1.807, 2.05) is 25.7 Å². The first kappa shape index (κ1) is 23.8. The molecule has 0 aromatic heterocycles. The molecular weight excluding hydrogens is 443 g/mol. The van der Waals surface area contributed by atoms with Crippen molar-refractivity contribution in [3.8, 4) is 0 Å². The number of hydrogen-bond acceptors (Lipinski definition) is 4. The first-order valence-corrected chi connectivity index (χ1v) is 11.5. The summed E-state index contributed by atoms with van der Waals surface area (Å²) in [5.74, 6) is -0.105. The molecule has 6 nitrogen and oxygen atoms in total. The van der Waals surface area contributed by atoms with Crippen LogP contribution in [0.4, 0.5) is 24.5 Å². The number of carbonyl (C=O) groups is 1. The summed E-state index contributed by atoms with van der Waals surface area (Å²) in [5, 5.41) is 2.49. The summed E-state index contributed by atoms with van der Waals surface area (Å²) >= 11 is 0. The van der Waals surface area contributed by atoms with Crippen LogP contribution in [0, 0.1) is 12.8 Å². The number of hydrogen-bond donors (Lipinski definition) is 1. The quantitative estimate of drug-likeness (QED) is 0.652. The van der Waals surface area contributed by atoms with Crippen LogP contribution in [-0.2, 0) is 16.2 Å². The second kappa shape index (κ2) is 8.57. The Bertz CT molecular complexity index is 1190. The van der Waals surface area contributed by atoms with Gasteiger partial charge in [-0.05, 0) is 48.7 Å². The van der Waals surface area contributed by atoms with E-state index in [9.17, 15) is 26.4 Å². The number of alkyl halides is 3. The van der Waals surface area contributed by atoms with Gasteiger partial charge in [0, 0.05) is 24.2 Å². The number of halogens is 3. The Hall–Kier alpha value is -2.88. The van der Waals surface area contributed by atoms with Crippen LogP contribution in [0.2, 0.25) is 0 Å². The predicted octanol–water partition coefficient (Wildman–Crippen LogP) is 5.24. The number of amides is 1. The van der Waals surface area contributed by atoms with Crippen molar-refractivity contribution in [2.75, 3.05) is 16.8 Å². The lowest BCUT2D eigenvalue weighted by molar-refractivity contribution is -0.138. The Kier molecular flexibility index (Phi) is 6.37. The molecule has 1 aliphatic rings. The van der Waals surface area contributed by atoms with E-state index in [0.717, 1.165) is 6.07 Å². The minimum Gasteiger partial charge on any atom is -0.328 e. The van der Waals surface area contributed by atoms with Crippen LogP contribution in [0.1, 0.15) is 48.7 Å². The van der Waals surface area contributed by atoms with E-state index in [0.29, 0.717) is 24.5 Å². The van der Waals surface area contributed by atoms with Gasteiger partial charge >= 0.3 is 6.18 Å². The number of anilines is 2. The van der Waals surface area contributed by atoms with E-state index in [1.165, 1.54) is 31.2 Å². The Morgan fingerprint density at radius 1 is 1.16 bits per heavy atom. The number of nitrogens with zero attached hydrogens (tertiary/aromatic N) is 2. The third-order valence-electron chi connectivity index (χ3n) is 4.99. The molecule has 1 aliphatic heterocycles. The van der Waals surface area contributed by atoms with E-state index < -0.39 is 27.7 Å². The lowest BCUT2D eigenvalue weighted by Crippen LogP contribution is -2.38. The molecular formula is C22H24F3N3O3S. The van der Waals surface area contributed by atoms with Crippen LogP contribution in [0.3, 0.4) is 0 Å². The molecule has 172 valence electrons. The van der Waals surface area contributed by atoms with Gasteiger partial charge in [-0.2, -0.15) is 21.6 Å². The fourth-order valence-corrected chi connectivity index (χ4v) is 4.82. The summed E-state index contributed by atoms with van der Waals surface area (Å²) in [4.78, 5) is 14.3. The Morgan fingerprint density at radius 2 is 1.84 bits per heavy atom. The van der Waals surface area contributed by atoms with Crippen LogP contribution in [0.25, 0.3) is 0 Å². The summed E-state index contributed by atoms with van der Waals surface area (Å²) in [6.45, 7) is 7.69. The van der Waals surface area contributed by atoms with Gasteiger partial charge in [0.1, 0.15) is 10.7 Å². The van der Waals surface area contributed by atoms with Crippen molar-refractivity contribution in [3.05, 3.63) is 53.1 Å². The fourth-order valence-electron chi connectivity index (χ4n) is 3.49. The highest BCUT2D eigenvalue weighted by Gasteiger charge is 2.33. The molecule has 0 radical (unpaired) electrons. The van der Waals surface area contributed by atoms with Crippen LogP contribution in [-0.4, -0.2) is 26.7 Å². The SMILES string of the molecule is CCC1=NS(=O)(=O)c2cc(NC(=O)c3ccc(C)c(C(F)(F)F)c3)ccc2N1CC(C)C. The van der Waals surface area contributed by atoms with Gasteiger partial charge in [-0.15, -0.1) is 4.40 Å². The summed E-state index contributed by atoms with van der Waals surface area (Å²) < 4.78 is 68.9. The molecule has 1 amide bonds. The molecule has 0 saturated heterocycles. The molecule has 2 aromatic carbocycles. The highest BCUT2D eigenvalue weighted by molar-refractivity contribution is 7.90. The van der Waals surface area contributed by atoms with Crippen LogP contribution in [0.15, 0.2) is 45.7 Å². The van der Waals surface area contributed by atoms with Gasteiger partial charge in [-0.25, -0.2) is 0 Å². The maximum atomic E-state index is 13.2. The van der Waals surface area contributed by atoms with E-state index in [4.69, 9.17) is 0 Å². The highest BCUT2D eigenvalue weighted by atomic mass is 32.2. The van der Waals surface area contributed by atoms with E-state index in [2.05, 4.69) is 9.71 Å². The van der Waals surface area contributed by atoms with E-state index in [-0.39, 0.29) is 27.6 Å². The number of fused-ring (bicyclic) bond motifs is 1. The van der Waals surface area contributed by atoms with Gasteiger partial charge in [-0.3, -0.25) is 4.79 Å². The molecule has 0 fully saturated rings. The van der Waals surface area contributed by atoms with Gasteiger partial charge < -0.3 is 10.2 Å². The molecule has 0 spiro atoms. The Labute approximate surface area is 185 Å². The van der Waals surface area contributed by atoms with Crippen molar-refractivity contribution >= 4 is 33.1 Å². The van der Waals surface area contributed by atoms with Gasteiger partial charge in [0.05, 0.1) is 11.3 Å². The second-order valence-electron chi connectivity index (χ2n) is 8.00. The maximum Gasteiger partial charge on any atom is 0.416 e. The first-order chi connectivity index (χ1) is 14.8. The van der Waals surface area contributed by atoms with E-state index in [1.54, 1.807) is 6.07 Å². The molecule has 10 heteroatoms. The number of rotatable bonds is 5. The monoisotopic (exact) mass is 467 g/mol. The zero-order valence-electron chi connectivity index (χ0n) is 18.1. The molecule has 1 N–H and O–H groups in total. The smallest absolute Gasteiger partial charge is 0.328 e. The molecule has 3 rings (SSSR count). The molecule has 0 unspecified atom stereocenters. The summed E-state index contributed by atoms with van der Waals surface area (Å²) in [5.41, 5.74) is -0.478. The summed E-state index contributed by atoms with van der Waals surface area (Å²) in [6, 6.07) is 7.67. The van der Waals surface area contributed by atoms with Gasteiger partial charge in [0.2, 0.25) is 0 Å². The third kappa shape index (κ3) is 4.79. The molecule has 0 bridgehead atoms. The summed E-state index contributed by atoms with van der Waals surface area (Å²) in [6.07, 6.45) is -4.16. The number of amidine groups is 1. The normalized spacial score (nSPS) is 15.4. The maximum absolute atomic E-state index is 13.2. The van der Waals surface area contributed by atoms with E-state index >= 15 is 0 Å². The Morgan fingerprint density at radius 3 is 2.44 bits per heavy atom. The van der Waals surface area contributed by atoms with Crippen LogP contribution < -0.4 is 10.2 Å². The number of sulfonamides is 1. The van der Waals surface area contributed by atoms with Crippen molar-refractivity contribution in [2.24, 2.45) is 10.3 Å². The van der Waals surface area contributed by atoms with Gasteiger partial charge in [0.15, 0.2) is 0 Å². The molecule has 0 aliphatic carbocycles. The summed E-state index contributed by atoms with van der Waals surface area (Å²) in [7, 11) is -3.98.